The first-order valence-electron chi connectivity index (χ1n) is 6.01. The SMILES string of the molecule is Cc1nn(C)c(N(C)C2CCS(=O)(=O)C2)c1CN. The van der Waals surface area contributed by atoms with Gasteiger partial charge in [0.15, 0.2) is 9.84 Å². The van der Waals surface area contributed by atoms with Gasteiger partial charge in [0.2, 0.25) is 0 Å². The molecule has 1 aliphatic heterocycles. The van der Waals surface area contributed by atoms with E-state index in [1.165, 1.54) is 0 Å². The zero-order chi connectivity index (χ0) is 13.5. The summed E-state index contributed by atoms with van der Waals surface area (Å²) < 4.78 is 24.9. The van der Waals surface area contributed by atoms with E-state index in [-0.39, 0.29) is 17.5 Å². The number of sulfone groups is 1. The molecule has 0 spiro atoms. The molecule has 1 saturated heterocycles. The second-order valence-corrected chi connectivity index (χ2v) is 7.11. The molecule has 1 atom stereocenters. The van der Waals surface area contributed by atoms with Crippen LogP contribution in [0.25, 0.3) is 0 Å². The maximum absolute atomic E-state index is 11.5. The number of hydrogen-bond acceptors (Lipinski definition) is 5. The molecule has 0 radical (unpaired) electrons. The van der Waals surface area contributed by atoms with Crippen molar-refractivity contribution < 1.29 is 8.42 Å². The quantitative estimate of drug-likeness (QED) is 0.825. The van der Waals surface area contributed by atoms with E-state index in [9.17, 15) is 8.42 Å². The summed E-state index contributed by atoms with van der Waals surface area (Å²) >= 11 is 0. The molecule has 1 aromatic heterocycles. The van der Waals surface area contributed by atoms with Gasteiger partial charge in [-0.2, -0.15) is 5.10 Å². The van der Waals surface area contributed by atoms with Gasteiger partial charge in [-0.05, 0) is 13.3 Å². The first kappa shape index (κ1) is 13.4. The van der Waals surface area contributed by atoms with E-state index in [0.29, 0.717) is 13.0 Å². The maximum Gasteiger partial charge on any atom is 0.152 e. The second-order valence-electron chi connectivity index (χ2n) is 4.88. The Hall–Kier alpha value is -1.08. The summed E-state index contributed by atoms with van der Waals surface area (Å²) in [6.07, 6.45) is 0.674. The van der Waals surface area contributed by atoms with Gasteiger partial charge in [0, 0.05) is 32.2 Å². The van der Waals surface area contributed by atoms with Crippen LogP contribution in [0.3, 0.4) is 0 Å². The minimum absolute atomic E-state index is 0.0232. The van der Waals surface area contributed by atoms with Gasteiger partial charge in [-0.3, -0.25) is 4.68 Å². The lowest BCUT2D eigenvalue weighted by molar-refractivity contribution is 0.600. The van der Waals surface area contributed by atoms with Crippen LogP contribution in [-0.4, -0.2) is 42.8 Å². The van der Waals surface area contributed by atoms with Crippen molar-refractivity contribution >= 4 is 15.7 Å². The Kier molecular flexibility index (Phi) is 3.37. The van der Waals surface area contributed by atoms with Crippen molar-refractivity contribution in [1.29, 1.82) is 0 Å². The predicted molar refractivity (Wildman–Crippen MR) is 71.3 cm³/mol. The third-order valence-electron chi connectivity index (χ3n) is 3.61. The van der Waals surface area contributed by atoms with Crippen LogP contribution in [0.2, 0.25) is 0 Å². The minimum Gasteiger partial charge on any atom is -0.356 e. The Morgan fingerprint density at radius 2 is 2.22 bits per heavy atom. The second kappa shape index (κ2) is 4.55. The molecule has 0 saturated carbocycles. The Balaban J connectivity index is 2.32. The van der Waals surface area contributed by atoms with E-state index in [1.54, 1.807) is 4.68 Å². The lowest BCUT2D eigenvalue weighted by Crippen LogP contribution is -2.34. The van der Waals surface area contributed by atoms with Crippen LogP contribution in [0.4, 0.5) is 5.82 Å². The van der Waals surface area contributed by atoms with Crippen molar-refractivity contribution in [2.24, 2.45) is 12.8 Å². The van der Waals surface area contributed by atoms with E-state index in [4.69, 9.17) is 5.73 Å². The highest BCUT2D eigenvalue weighted by atomic mass is 32.2. The summed E-state index contributed by atoms with van der Waals surface area (Å²) in [7, 11) is 0.904. The third-order valence-corrected chi connectivity index (χ3v) is 5.36. The van der Waals surface area contributed by atoms with Crippen LogP contribution in [-0.2, 0) is 23.4 Å². The molecule has 2 N–H and O–H groups in total. The molecule has 2 rings (SSSR count). The van der Waals surface area contributed by atoms with Gasteiger partial charge in [-0.25, -0.2) is 8.42 Å². The summed E-state index contributed by atoms with van der Waals surface area (Å²) in [5.41, 5.74) is 7.65. The molecule has 1 aliphatic rings. The fraction of sp³-hybridized carbons (Fsp3) is 0.727. The molecule has 1 aromatic rings. The molecule has 0 aliphatic carbocycles. The molecule has 6 nitrogen and oxygen atoms in total. The normalized spacial score (nSPS) is 22.3. The maximum atomic E-state index is 11.5. The Morgan fingerprint density at radius 1 is 1.56 bits per heavy atom. The number of anilines is 1. The summed E-state index contributed by atoms with van der Waals surface area (Å²) in [6, 6.07) is 0.0232. The Morgan fingerprint density at radius 3 is 2.72 bits per heavy atom. The summed E-state index contributed by atoms with van der Waals surface area (Å²) in [6.45, 7) is 2.34. The molecule has 1 unspecified atom stereocenters. The lowest BCUT2D eigenvalue weighted by atomic mass is 10.2. The molecular weight excluding hydrogens is 252 g/mol. The number of aromatic nitrogens is 2. The molecule has 0 amide bonds. The molecule has 0 aromatic carbocycles. The van der Waals surface area contributed by atoms with Crippen LogP contribution in [0.1, 0.15) is 17.7 Å². The molecule has 7 heteroatoms. The zero-order valence-corrected chi connectivity index (χ0v) is 11.9. The predicted octanol–water partition coefficient (Wildman–Crippen LogP) is -0.189. The largest absolute Gasteiger partial charge is 0.356 e. The highest BCUT2D eigenvalue weighted by Gasteiger charge is 2.32. The van der Waals surface area contributed by atoms with Gasteiger partial charge in [-0.1, -0.05) is 0 Å². The van der Waals surface area contributed by atoms with Gasteiger partial charge < -0.3 is 10.6 Å². The smallest absolute Gasteiger partial charge is 0.152 e. The molecule has 1 fully saturated rings. The van der Waals surface area contributed by atoms with Crippen molar-refractivity contribution in [3.05, 3.63) is 11.3 Å². The molecule has 102 valence electrons. The first-order valence-corrected chi connectivity index (χ1v) is 7.83. The molecule has 0 bridgehead atoms. The van der Waals surface area contributed by atoms with Crippen molar-refractivity contribution in [2.75, 3.05) is 23.5 Å². The standard InChI is InChI=1S/C11H20N4O2S/c1-8-10(6-12)11(15(3)13-8)14(2)9-4-5-18(16,17)7-9/h9H,4-7,12H2,1-3H3. The van der Waals surface area contributed by atoms with Crippen molar-refractivity contribution in [2.45, 2.75) is 25.9 Å². The topological polar surface area (TPSA) is 81.2 Å². The average molecular weight is 272 g/mol. The molecular formula is C11H20N4O2S. The lowest BCUT2D eigenvalue weighted by Gasteiger charge is -2.26. The van der Waals surface area contributed by atoms with E-state index in [0.717, 1.165) is 17.1 Å². The Bertz CT molecular complexity index is 550. The van der Waals surface area contributed by atoms with Crippen molar-refractivity contribution in [1.82, 2.24) is 9.78 Å². The van der Waals surface area contributed by atoms with E-state index in [1.807, 2.05) is 25.9 Å². The zero-order valence-electron chi connectivity index (χ0n) is 11.0. The van der Waals surface area contributed by atoms with Crippen LogP contribution in [0.15, 0.2) is 0 Å². The van der Waals surface area contributed by atoms with E-state index in [2.05, 4.69) is 5.10 Å². The summed E-state index contributed by atoms with van der Waals surface area (Å²) in [5, 5.41) is 4.36. The van der Waals surface area contributed by atoms with Gasteiger partial charge in [0.25, 0.3) is 0 Å². The molecule has 2 heterocycles. The van der Waals surface area contributed by atoms with E-state index >= 15 is 0 Å². The van der Waals surface area contributed by atoms with Crippen LogP contribution in [0.5, 0.6) is 0 Å². The molecule has 18 heavy (non-hydrogen) atoms. The number of aryl methyl sites for hydroxylation is 2. The Labute approximate surface area is 108 Å². The number of rotatable bonds is 3. The number of hydrogen-bond donors (Lipinski definition) is 1. The summed E-state index contributed by atoms with van der Waals surface area (Å²) in [5.74, 6) is 1.42. The van der Waals surface area contributed by atoms with Gasteiger partial charge in [0.1, 0.15) is 5.82 Å². The highest BCUT2D eigenvalue weighted by molar-refractivity contribution is 7.91. The monoisotopic (exact) mass is 272 g/mol. The number of nitrogens with zero attached hydrogens (tertiary/aromatic N) is 3. The average Bonchev–Trinajstić information content (AvgIpc) is 2.77. The summed E-state index contributed by atoms with van der Waals surface area (Å²) in [4.78, 5) is 2.01. The van der Waals surface area contributed by atoms with Crippen molar-refractivity contribution in [3.63, 3.8) is 0 Å². The first-order chi connectivity index (χ1) is 8.35. The van der Waals surface area contributed by atoms with E-state index < -0.39 is 9.84 Å². The fourth-order valence-corrected chi connectivity index (χ4v) is 4.40. The van der Waals surface area contributed by atoms with Gasteiger partial charge in [0.05, 0.1) is 17.2 Å². The number of nitrogens with two attached hydrogens (primary N) is 1. The van der Waals surface area contributed by atoms with Crippen molar-refractivity contribution in [3.8, 4) is 0 Å². The van der Waals surface area contributed by atoms with Crippen LogP contribution >= 0.6 is 0 Å². The highest BCUT2D eigenvalue weighted by Crippen LogP contribution is 2.27. The van der Waals surface area contributed by atoms with Crippen LogP contribution in [0, 0.1) is 6.92 Å². The van der Waals surface area contributed by atoms with Gasteiger partial charge >= 0.3 is 0 Å². The minimum atomic E-state index is -2.88. The fourth-order valence-electron chi connectivity index (χ4n) is 2.62. The van der Waals surface area contributed by atoms with Gasteiger partial charge in [-0.15, -0.1) is 0 Å². The van der Waals surface area contributed by atoms with Crippen LogP contribution < -0.4 is 10.6 Å². The third kappa shape index (κ3) is 2.24.